The zero-order valence-corrected chi connectivity index (χ0v) is 12.9. The van der Waals surface area contributed by atoms with Crippen molar-refractivity contribution in [1.82, 2.24) is 10.3 Å². The van der Waals surface area contributed by atoms with E-state index in [1.165, 1.54) is 0 Å². The van der Waals surface area contributed by atoms with Gasteiger partial charge in [-0.1, -0.05) is 36.4 Å². The Morgan fingerprint density at radius 2 is 1.86 bits per heavy atom. The van der Waals surface area contributed by atoms with Crippen molar-refractivity contribution < 1.29 is 9.90 Å². The van der Waals surface area contributed by atoms with Crippen LogP contribution in [0.15, 0.2) is 54.7 Å². The smallest absolute Gasteiger partial charge is 0.250 e. The minimum Gasteiger partial charge on any atom is -0.382 e. The standard InChI is InChI=1S/C16H19N3O2.ClH/c17-14(10-12-6-2-1-3-7-12)15(20)16(21)19-11-13-8-4-5-9-18-13;/h1-9,14-15,20H,10-11,17H2,(H,19,21);1H. The van der Waals surface area contributed by atoms with Crippen molar-refractivity contribution in [3.63, 3.8) is 0 Å². The summed E-state index contributed by atoms with van der Waals surface area (Å²) < 4.78 is 0. The van der Waals surface area contributed by atoms with Crippen molar-refractivity contribution in [2.75, 3.05) is 0 Å². The van der Waals surface area contributed by atoms with E-state index in [0.29, 0.717) is 6.42 Å². The van der Waals surface area contributed by atoms with Crippen molar-refractivity contribution in [3.8, 4) is 0 Å². The van der Waals surface area contributed by atoms with Gasteiger partial charge in [-0.2, -0.15) is 0 Å². The molecule has 0 spiro atoms. The molecule has 0 bridgehead atoms. The summed E-state index contributed by atoms with van der Waals surface area (Å²) in [6.07, 6.45) is 0.854. The average Bonchev–Trinajstić information content (AvgIpc) is 2.53. The number of amides is 1. The molecular formula is C16H20ClN3O2. The Bertz CT molecular complexity index is 566. The third kappa shape index (κ3) is 5.44. The molecule has 2 atom stereocenters. The van der Waals surface area contributed by atoms with Crippen LogP contribution < -0.4 is 11.1 Å². The molecule has 0 saturated carbocycles. The topological polar surface area (TPSA) is 88.2 Å². The Kier molecular flexibility index (Phi) is 7.52. The van der Waals surface area contributed by atoms with Crippen molar-refractivity contribution in [2.24, 2.45) is 5.73 Å². The van der Waals surface area contributed by atoms with Gasteiger partial charge < -0.3 is 16.2 Å². The summed E-state index contributed by atoms with van der Waals surface area (Å²) in [4.78, 5) is 16.0. The van der Waals surface area contributed by atoms with E-state index in [2.05, 4.69) is 10.3 Å². The number of benzene rings is 1. The highest BCUT2D eigenvalue weighted by molar-refractivity contribution is 5.85. The SMILES string of the molecule is Cl.NC(Cc1ccccc1)C(O)C(=O)NCc1ccccn1. The van der Waals surface area contributed by atoms with Crippen LogP contribution in [-0.2, 0) is 17.8 Å². The number of halogens is 1. The highest BCUT2D eigenvalue weighted by Crippen LogP contribution is 2.05. The Hall–Kier alpha value is -1.95. The van der Waals surface area contributed by atoms with Gasteiger partial charge in [0, 0.05) is 12.2 Å². The Morgan fingerprint density at radius 1 is 1.18 bits per heavy atom. The van der Waals surface area contributed by atoms with E-state index in [4.69, 9.17) is 5.73 Å². The van der Waals surface area contributed by atoms with Crippen LogP contribution in [0.1, 0.15) is 11.3 Å². The van der Waals surface area contributed by atoms with Crippen LogP contribution in [0, 0.1) is 0 Å². The van der Waals surface area contributed by atoms with Crippen LogP contribution in [0.4, 0.5) is 0 Å². The summed E-state index contributed by atoms with van der Waals surface area (Å²) in [5.41, 5.74) is 7.61. The van der Waals surface area contributed by atoms with E-state index in [9.17, 15) is 9.90 Å². The quantitative estimate of drug-likeness (QED) is 0.742. The number of aliphatic hydroxyl groups is 1. The second kappa shape index (κ2) is 9.15. The van der Waals surface area contributed by atoms with Gasteiger partial charge in [0.1, 0.15) is 6.10 Å². The van der Waals surface area contributed by atoms with E-state index in [-0.39, 0.29) is 19.0 Å². The largest absolute Gasteiger partial charge is 0.382 e. The predicted octanol–water partition coefficient (Wildman–Crippen LogP) is 1.05. The molecule has 1 aromatic heterocycles. The fraction of sp³-hybridized carbons (Fsp3) is 0.250. The first-order valence-corrected chi connectivity index (χ1v) is 6.82. The summed E-state index contributed by atoms with van der Waals surface area (Å²) >= 11 is 0. The summed E-state index contributed by atoms with van der Waals surface area (Å²) in [5, 5.41) is 12.6. The lowest BCUT2D eigenvalue weighted by Gasteiger charge is -2.18. The summed E-state index contributed by atoms with van der Waals surface area (Å²) in [6, 6.07) is 14.3. The molecule has 2 rings (SSSR count). The molecule has 0 aliphatic heterocycles. The molecule has 22 heavy (non-hydrogen) atoms. The molecule has 5 nitrogen and oxygen atoms in total. The molecule has 2 aromatic rings. The van der Waals surface area contributed by atoms with Gasteiger partial charge in [0.2, 0.25) is 0 Å². The monoisotopic (exact) mass is 321 g/mol. The van der Waals surface area contributed by atoms with E-state index >= 15 is 0 Å². The minimum absolute atomic E-state index is 0. The molecule has 118 valence electrons. The van der Waals surface area contributed by atoms with Crippen molar-refractivity contribution in [3.05, 3.63) is 66.0 Å². The summed E-state index contributed by atoms with van der Waals surface area (Å²) in [6.45, 7) is 0.273. The van der Waals surface area contributed by atoms with Gasteiger partial charge in [-0.15, -0.1) is 12.4 Å². The van der Waals surface area contributed by atoms with Gasteiger partial charge in [-0.25, -0.2) is 0 Å². The first-order valence-electron chi connectivity index (χ1n) is 6.82. The molecule has 1 aromatic carbocycles. The van der Waals surface area contributed by atoms with Crippen LogP contribution in [0.3, 0.4) is 0 Å². The lowest BCUT2D eigenvalue weighted by atomic mass is 10.0. The second-order valence-electron chi connectivity index (χ2n) is 4.84. The molecule has 6 heteroatoms. The average molecular weight is 322 g/mol. The summed E-state index contributed by atoms with van der Waals surface area (Å²) in [5.74, 6) is -0.482. The fourth-order valence-electron chi connectivity index (χ4n) is 1.98. The van der Waals surface area contributed by atoms with Gasteiger partial charge in [-0.05, 0) is 24.1 Å². The molecule has 1 heterocycles. The van der Waals surface area contributed by atoms with E-state index in [1.54, 1.807) is 18.3 Å². The molecule has 2 unspecified atom stereocenters. The maximum atomic E-state index is 11.9. The molecule has 0 radical (unpaired) electrons. The third-order valence-corrected chi connectivity index (χ3v) is 3.16. The number of hydrogen-bond donors (Lipinski definition) is 3. The van der Waals surface area contributed by atoms with E-state index in [0.717, 1.165) is 11.3 Å². The van der Waals surface area contributed by atoms with Gasteiger partial charge in [0.15, 0.2) is 0 Å². The fourth-order valence-corrected chi connectivity index (χ4v) is 1.98. The zero-order valence-electron chi connectivity index (χ0n) is 12.1. The number of nitrogens with one attached hydrogen (secondary N) is 1. The Labute approximate surface area is 136 Å². The number of rotatable bonds is 6. The normalized spacial score (nSPS) is 12.8. The lowest BCUT2D eigenvalue weighted by molar-refractivity contribution is -0.130. The van der Waals surface area contributed by atoms with Crippen LogP contribution in [0.5, 0.6) is 0 Å². The highest BCUT2D eigenvalue weighted by Gasteiger charge is 2.22. The molecule has 4 N–H and O–H groups in total. The highest BCUT2D eigenvalue weighted by atomic mass is 35.5. The summed E-state index contributed by atoms with van der Waals surface area (Å²) in [7, 11) is 0. The van der Waals surface area contributed by atoms with E-state index < -0.39 is 18.1 Å². The molecule has 0 saturated heterocycles. The minimum atomic E-state index is -1.24. The van der Waals surface area contributed by atoms with Crippen LogP contribution in [0.2, 0.25) is 0 Å². The second-order valence-corrected chi connectivity index (χ2v) is 4.84. The number of pyridine rings is 1. The van der Waals surface area contributed by atoms with Crippen LogP contribution in [-0.4, -0.2) is 28.1 Å². The maximum absolute atomic E-state index is 11.9. The van der Waals surface area contributed by atoms with Crippen molar-refractivity contribution >= 4 is 18.3 Å². The molecule has 0 aliphatic rings. The van der Waals surface area contributed by atoms with Crippen molar-refractivity contribution in [1.29, 1.82) is 0 Å². The lowest BCUT2D eigenvalue weighted by Crippen LogP contribution is -2.47. The number of nitrogens with zero attached hydrogens (tertiary/aromatic N) is 1. The number of carbonyl (C=O) groups is 1. The van der Waals surface area contributed by atoms with Gasteiger partial charge in [0.25, 0.3) is 5.91 Å². The number of carbonyl (C=O) groups excluding carboxylic acids is 1. The molecule has 1 amide bonds. The molecular weight excluding hydrogens is 302 g/mol. The predicted molar refractivity (Wildman–Crippen MR) is 87.5 cm³/mol. The van der Waals surface area contributed by atoms with E-state index in [1.807, 2.05) is 36.4 Å². The third-order valence-electron chi connectivity index (χ3n) is 3.16. The molecule has 0 aliphatic carbocycles. The van der Waals surface area contributed by atoms with Crippen molar-refractivity contribution in [2.45, 2.75) is 25.1 Å². The molecule has 0 fully saturated rings. The maximum Gasteiger partial charge on any atom is 0.250 e. The first kappa shape index (κ1) is 18.1. The number of aromatic nitrogens is 1. The zero-order chi connectivity index (χ0) is 15.1. The van der Waals surface area contributed by atoms with Gasteiger partial charge in [0.05, 0.1) is 12.2 Å². The van der Waals surface area contributed by atoms with Gasteiger partial charge in [-0.3, -0.25) is 9.78 Å². The number of hydrogen-bond acceptors (Lipinski definition) is 4. The Balaban J connectivity index is 0.00000242. The first-order chi connectivity index (χ1) is 10.2. The van der Waals surface area contributed by atoms with Crippen LogP contribution in [0.25, 0.3) is 0 Å². The Morgan fingerprint density at radius 3 is 2.50 bits per heavy atom. The number of nitrogens with two attached hydrogens (primary N) is 1. The number of aliphatic hydroxyl groups excluding tert-OH is 1. The van der Waals surface area contributed by atoms with Crippen LogP contribution >= 0.6 is 12.4 Å². The van der Waals surface area contributed by atoms with Gasteiger partial charge >= 0.3 is 0 Å².